The minimum Gasteiger partial charge on any atom is -0.352 e. The molecule has 7 rings (SSSR count). The van der Waals surface area contributed by atoms with E-state index in [1.54, 1.807) is 0 Å². The lowest BCUT2D eigenvalue weighted by molar-refractivity contribution is -0.138. The molecule has 3 saturated carbocycles. The monoisotopic (exact) mass is 1120 g/mol. The maximum Gasteiger partial charge on any atom is 0.416 e. The summed E-state index contributed by atoms with van der Waals surface area (Å²) in [5.41, 5.74) is 0.687. The zero-order valence-electron chi connectivity index (χ0n) is 44.8. The van der Waals surface area contributed by atoms with E-state index in [0.29, 0.717) is 30.7 Å². The minimum atomic E-state index is -4.70. The summed E-state index contributed by atoms with van der Waals surface area (Å²) < 4.78 is 102. The van der Waals surface area contributed by atoms with Gasteiger partial charge in [0.1, 0.15) is 5.78 Å². The highest BCUT2D eigenvalue weighted by molar-refractivity contribution is 7.90. The molecular weight excluding hydrogens is 1050 g/mol. The summed E-state index contributed by atoms with van der Waals surface area (Å²) in [6, 6.07) is 20.2. The number of aryl methyl sites for hydroxylation is 1. The van der Waals surface area contributed by atoms with Gasteiger partial charge in [0, 0.05) is 53.4 Å². The van der Waals surface area contributed by atoms with Crippen molar-refractivity contribution in [2.45, 2.75) is 158 Å². The number of carbonyl (C=O) groups is 6. The van der Waals surface area contributed by atoms with Gasteiger partial charge in [0.15, 0.2) is 9.84 Å². The van der Waals surface area contributed by atoms with Crippen molar-refractivity contribution in [3.05, 3.63) is 136 Å². The number of Topliss-reactive ketones (excluding diaryl/α,β-unsaturated/α-hetero) is 1. The predicted molar refractivity (Wildman–Crippen MR) is 287 cm³/mol. The quantitative estimate of drug-likeness (QED) is 0.0607. The fraction of sp³-hybridized carbons (Fsp3) is 0.492. The molecule has 0 heterocycles. The highest BCUT2D eigenvalue weighted by atomic mass is 32.2. The molecule has 79 heavy (non-hydrogen) atoms. The van der Waals surface area contributed by atoms with Gasteiger partial charge in [-0.1, -0.05) is 95.2 Å². The van der Waals surface area contributed by atoms with Crippen LogP contribution in [-0.2, 0) is 49.4 Å². The molecule has 5 N–H and O–H groups in total. The number of amides is 5. The van der Waals surface area contributed by atoms with Crippen molar-refractivity contribution in [1.29, 1.82) is 0 Å². The second-order valence-corrected chi connectivity index (χ2v) is 23.3. The van der Waals surface area contributed by atoms with Crippen LogP contribution >= 0.6 is 0 Å². The first kappa shape index (κ1) is 61.6. The Hall–Kier alpha value is -6.57. The molecule has 0 bridgehead atoms. The fourth-order valence-corrected chi connectivity index (χ4v) is 11.1. The van der Waals surface area contributed by atoms with Crippen LogP contribution < -0.4 is 26.6 Å². The van der Waals surface area contributed by atoms with E-state index in [9.17, 15) is 63.5 Å². The lowest BCUT2D eigenvalue weighted by Crippen LogP contribution is -2.54. The third kappa shape index (κ3) is 18.8. The van der Waals surface area contributed by atoms with Crippen LogP contribution in [0.2, 0.25) is 0 Å². The number of halogens is 6. The van der Waals surface area contributed by atoms with Gasteiger partial charge in [0.05, 0.1) is 29.1 Å². The van der Waals surface area contributed by atoms with Crippen LogP contribution in [0, 0.1) is 11.8 Å². The molecule has 0 saturated heterocycles. The molecule has 3 aliphatic carbocycles. The summed E-state index contributed by atoms with van der Waals surface area (Å²) in [5, 5.41) is 13.6. The molecule has 0 unspecified atom stereocenters. The van der Waals surface area contributed by atoms with Gasteiger partial charge in [-0.25, -0.2) is 8.42 Å². The van der Waals surface area contributed by atoms with Crippen molar-refractivity contribution < 1.29 is 63.5 Å². The number of benzene rings is 4. The molecule has 3 aliphatic rings. The molecule has 428 valence electrons. The van der Waals surface area contributed by atoms with Gasteiger partial charge in [0.25, 0.3) is 17.7 Å². The largest absolute Gasteiger partial charge is 0.416 e. The number of hydrogen-bond acceptors (Lipinski definition) is 8. The van der Waals surface area contributed by atoms with Crippen molar-refractivity contribution in [1.82, 2.24) is 26.6 Å². The number of rotatable bonds is 18. The summed E-state index contributed by atoms with van der Waals surface area (Å²) in [7, 11) is -3.42. The van der Waals surface area contributed by atoms with E-state index in [1.807, 2.05) is 0 Å². The Kier molecular flexibility index (Phi) is 21.9. The highest BCUT2D eigenvalue weighted by Crippen LogP contribution is 2.33. The molecule has 3 fully saturated rings. The van der Waals surface area contributed by atoms with E-state index < -0.39 is 75.6 Å². The summed E-state index contributed by atoms with van der Waals surface area (Å²) in [6.45, 7) is 3.56. The Bertz CT molecular complexity index is 2870. The fourth-order valence-electron chi connectivity index (χ4n) is 10.5. The minimum absolute atomic E-state index is 0.0432. The molecule has 4 aromatic rings. The van der Waals surface area contributed by atoms with Crippen molar-refractivity contribution >= 4 is 45.2 Å². The van der Waals surface area contributed by atoms with E-state index >= 15 is 0 Å². The van der Waals surface area contributed by atoms with E-state index in [1.165, 1.54) is 47.5 Å². The molecule has 0 spiro atoms. The van der Waals surface area contributed by atoms with Crippen molar-refractivity contribution in [3.63, 3.8) is 0 Å². The first-order valence-corrected chi connectivity index (χ1v) is 29.0. The van der Waals surface area contributed by atoms with Gasteiger partial charge in [0.2, 0.25) is 11.8 Å². The van der Waals surface area contributed by atoms with Gasteiger partial charge < -0.3 is 26.6 Å². The van der Waals surface area contributed by atoms with Crippen LogP contribution in [0.5, 0.6) is 0 Å². The standard InChI is InChI=1S/C32H38F3N3O6S.C27H33F3N2O2/c1-45(43,44)24-15-12-21(13-16-24)30(41)38-27-10-6-5-9-26(27)37-29(40)19-36-31(42)25-18-23(32(33,34)35)14-11-22(25)17-28(39)20-7-3-2-4-8-20;1-18(2)20-13-10-19(11-14-20)12-15-21-6-3-4-9-24(21)32-25(33)17-31-26(34)22-7-5-8-23(16-22)27(28,29)30/h11-16,18,20,26-27H,2-10,17,19H2,1H3,(H,36,42)(H,37,40)(H,38,41);5,7-8,10-11,13-14,16,18,21,24H,3-4,6,9,12,15,17H2,1-2H3,(H,31,34)(H,32,33)/t26-,27+;21-,24-/m00/s1. The number of alkyl halides is 6. The second kappa shape index (κ2) is 28.0. The van der Waals surface area contributed by atoms with E-state index in [-0.39, 0.29) is 63.8 Å². The summed E-state index contributed by atoms with van der Waals surface area (Å²) in [6.07, 6.45) is 4.74. The third-order valence-electron chi connectivity index (χ3n) is 15.1. The molecule has 20 heteroatoms. The number of carbonyl (C=O) groups excluding carboxylic acids is 6. The SMILES string of the molecule is CC(C)c1ccc(CC[C@@H]2CCCC[C@@H]2NC(=O)CNC(=O)c2cccc(C(F)(F)F)c2)cc1.CS(=O)(=O)c1ccc(C(=O)N[C@@H]2CCCC[C@@H]2NC(=O)CNC(=O)c2cc(C(F)(F)F)ccc2CC(=O)C2CCCCC2)cc1. The molecule has 0 aromatic heterocycles. The molecule has 0 radical (unpaired) electrons. The van der Waals surface area contributed by atoms with E-state index in [4.69, 9.17) is 0 Å². The molecule has 5 amide bonds. The topological polar surface area (TPSA) is 197 Å². The van der Waals surface area contributed by atoms with Crippen LogP contribution in [0.3, 0.4) is 0 Å². The summed E-state index contributed by atoms with van der Waals surface area (Å²) in [4.78, 5) is 76.5. The van der Waals surface area contributed by atoms with E-state index in [0.717, 1.165) is 114 Å². The normalized spacial score (nSPS) is 19.0. The Balaban J connectivity index is 0.000000265. The predicted octanol–water partition coefficient (Wildman–Crippen LogP) is 10.3. The van der Waals surface area contributed by atoms with Gasteiger partial charge in [-0.05, 0) is 134 Å². The van der Waals surface area contributed by atoms with Crippen LogP contribution in [-0.4, -0.2) is 81.2 Å². The van der Waals surface area contributed by atoms with Crippen molar-refractivity contribution in [2.75, 3.05) is 19.3 Å². The molecule has 4 aromatic carbocycles. The number of nitrogens with one attached hydrogen (secondary N) is 5. The van der Waals surface area contributed by atoms with E-state index in [2.05, 4.69) is 64.7 Å². The zero-order chi connectivity index (χ0) is 57.5. The van der Waals surface area contributed by atoms with Gasteiger partial charge >= 0.3 is 12.4 Å². The Labute approximate surface area is 458 Å². The third-order valence-corrected chi connectivity index (χ3v) is 16.2. The molecule has 13 nitrogen and oxygen atoms in total. The summed E-state index contributed by atoms with van der Waals surface area (Å²) >= 11 is 0. The maximum atomic E-state index is 13.5. The molecule has 4 atom stereocenters. The summed E-state index contributed by atoms with van der Waals surface area (Å²) in [5.74, 6) is -2.37. The second-order valence-electron chi connectivity index (χ2n) is 21.3. The Morgan fingerprint density at radius 2 is 1.11 bits per heavy atom. The van der Waals surface area contributed by atoms with Gasteiger partial charge in [-0.2, -0.15) is 26.3 Å². The maximum absolute atomic E-state index is 13.5. The number of sulfone groups is 1. The molecule has 0 aliphatic heterocycles. The lowest BCUT2D eigenvalue weighted by Gasteiger charge is -2.33. The average Bonchev–Trinajstić information content (AvgIpc) is 3.46. The van der Waals surface area contributed by atoms with Crippen LogP contribution in [0.25, 0.3) is 0 Å². The average molecular weight is 1120 g/mol. The molecular formula is C59H71F6N5O8S. The number of hydrogen-bond donors (Lipinski definition) is 5. The first-order valence-electron chi connectivity index (χ1n) is 27.1. The zero-order valence-corrected chi connectivity index (χ0v) is 45.6. The lowest BCUT2D eigenvalue weighted by atomic mass is 9.81. The first-order chi connectivity index (χ1) is 37.3. The van der Waals surface area contributed by atoms with Crippen molar-refractivity contribution in [2.24, 2.45) is 11.8 Å². The van der Waals surface area contributed by atoms with Gasteiger partial charge in [-0.15, -0.1) is 0 Å². The number of ketones is 1. The van der Waals surface area contributed by atoms with Crippen LogP contribution in [0.15, 0.2) is 95.9 Å². The van der Waals surface area contributed by atoms with Crippen LogP contribution in [0.1, 0.15) is 169 Å². The van der Waals surface area contributed by atoms with Crippen molar-refractivity contribution in [3.8, 4) is 0 Å². The highest BCUT2D eigenvalue weighted by Gasteiger charge is 2.34. The van der Waals surface area contributed by atoms with Gasteiger partial charge in [-0.3, -0.25) is 28.8 Å². The Morgan fingerprint density at radius 3 is 1.71 bits per heavy atom. The Morgan fingerprint density at radius 1 is 0.570 bits per heavy atom. The van der Waals surface area contributed by atoms with Crippen LogP contribution in [0.4, 0.5) is 26.3 Å². The smallest absolute Gasteiger partial charge is 0.352 e.